The van der Waals surface area contributed by atoms with E-state index in [0.717, 1.165) is 4.47 Å². The van der Waals surface area contributed by atoms with Gasteiger partial charge in [0.15, 0.2) is 6.61 Å². The summed E-state index contributed by atoms with van der Waals surface area (Å²) in [5, 5.41) is 12.4. The van der Waals surface area contributed by atoms with Gasteiger partial charge in [0.25, 0.3) is 5.91 Å². The molecule has 0 saturated heterocycles. The molecular weight excluding hydrogens is 298 g/mol. The first-order chi connectivity index (χ1) is 8.40. The van der Waals surface area contributed by atoms with Gasteiger partial charge in [-0.1, -0.05) is 15.9 Å². The van der Waals surface area contributed by atoms with Gasteiger partial charge in [-0.3, -0.25) is 4.79 Å². The summed E-state index contributed by atoms with van der Waals surface area (Å²) < 4.78 is 6.28. The van der Waals surface area contributed by atoms with Crippen molar-refractivity contribution in [2.75, 3.05) is 6.61 Å². The van der Waals surface area contributed by atoms with Gasteiger partial charge < -0.3 is 15.2 Å². The summed E-state index contributed by atoms with van der Waals surface area (Å²) in [7, 11) is 0. The van der Waals surface area contributed by atoms with Gasteiger partial charge in [-0.25, -0.2) is 0 Å². The van der Waals surface area contributed by atoms with E-state index in [-0.39, 0.29) is 18.6 Å². The highest BCUT2D eigenvalue weighted by atomic mass is 79.9. The molecule has 1 amide bonds. The van der Waals surface area contributed by atoms with Crippen LogP contribution in [0.15, 0.2) is 22.7 Å². The van der Waals surface area contributed by atoms with Crippen LogP contribution in [0.3, 0.4) is 0 Å². The fourth-order valence-corrected chi connectivity index (χ4v) is 1.86. The number of aliphatic hydroxyl groups excluding tert-OH is 1. The smallest absolute Gasteiger partial charge is 0.258 e. The van der Waals surface area contributed by atoms with E-state index in [4.69, 9.17) is 4.74 Å². The lowest BCUT2D eigenvalue weighted by molar-refractivity contribution is -0.123. The molecule has 0 radical (unpaired) electrons. The standard InChI is InChI=1S/C13H18BrNO3/c1-8(2)15-13(17)7-18-12-5-4-10(14)6-11(12)9(3)16/h4-6,8-9,16H,7H2,1-3H3,(H,15,17)/t9-/m1/s1. The quantitative estimate of drug-likeness (QED) is 0.877. The molecule has 18 heavy (non-hydrogen) atoms. The van der Waals surface area contributed by atoms with Gasteiger partial charge in [-0.15, -0.1) is 0 Å². The van der Waals surface area contributed by atoms with Crippen molar-refractivity contribution in [3.8, 4) is 5.75 Å². The number of rotatable bonds is 5. The zero-order valence-corrected chi connectivity index (χ0v) is 12.3. The zero-order valence-electron chi connectivity index (χ0n) is 10.7. The van der Waals surface area contributed by atoms with Crippen molar-refractivity contribution in [3.63, 3.8) is 0 Å². The molecule has 5 heteroatoms. The molecule has 1 rings (SSSR count). The van der Waals surface area contributed by atoms with E-state index in [0.29, 0.717) is 11.3 Å². The summed E-state index contributed by atoms with van der Waals surface area (Å²) in [5.74, 6) is 0.344. The molecule has 0 unspecified atom stereocenters. The molecule has 0 aliphatic heterocycles. The van der Waals surface area contributed by atoms with Gasteiger partial charge in [0.05, 0.1) is 6.10 Å². The lowest BCUT2D eigenvalue weighted by atomic mass is 10.1. The number of hydrogen-bond donors (Lipinski definition) is 2. The summed E-state index contributed by atoms with van der Waals surface area (Å²) >= 11 is 3.33. The summed E-state index contributed by atoms with van der Waals surface area (Å²) in [6.07, 6.45) is -0.648. The van der Waals surface area contributed by atoms with Gasteiger partial charge in [-0.2, -0.15) is 0 Å². The van der Waals surface area contributed by atoms with Crippen LogP contribution in [0.2, 0.25) is 0 Å². The Hall–Kier alpha value is -1.07. The fraction of sp³-hybridized carbons (Fsp3) is 0.462. The maximum absolute atomic E-state index is 11.5. The molecule has 0 heterocycles. The summed E-state index contributed by atoms with van der Waals surface area (Å²) in [5.41, 5.74) is 0.654. The first-order valence-corrected chi connectivity index (χ1v) is 6.59. The van der Waals surface area contributed by atoms with Crippen LogP contribution in [-0.2, 0) is 4.79 Å². The minimum absolute atomic E-state index is 0.0560. The third-order valence-electron chi connectivity index (χ3n) is 2.23. The highest BCUT2D eigenvalue weighted by Gasteiger charge is 2.11. The van der Waals surface area contributed by atoms with Gasteiger partial charge in [-0.05, 0) is 39.0 Å². The maximum Gasteiger partial charge on any atom is 0.258 e. The molecule has 0 spiro atoms. The predicted octanol–water partition coefficient (Wildman–Crippen LogP) is 2.41. The number of benzene rings is 1. The van der Waals surface area contributed by atoms with Gasteiger partial charge in [0.2, 0.25) is 0 Å². The van der Waals surface area contributed by atoms with Gasteiger partial charge in [0.1, 0.15) is 5.75 Å². The van der Waals surface area contributed by atoms with Crippen LogP contribution >= 0.6 is 15.9 Å². The summed E-state index contributed by atoms with van der Waals surface area (Å²) in [6.45, 7) is 5.37. The second-order valence-electron chi connectivity index (χ2n) is 4.37. The molecule has 0 aromatic heterocycles. The van der Waals surface area contributed by atoms with Crippen LogP contribution in [0.1, 0.15) is 32.4 Å². The average Bonchev–Trinajstić information content (AvgIpc) is 2.26. The van der Waals surface area contributed by atoms with Crippen LogP contribution < -0.4 is 10.1 Å². The van der Waals surface area contributed by atoms with E-state index < -0.39 is 6.10 Å². The number of nitrogens with one attached hydrogen (secondary N) is 1. The number of ether oxygens (including phenoxy) is 1. The number of amides is 1. The van der Waals surface area contributed by atoms with Gasteiger partial charge in [0, 0.05) is 16.1 Å². The third-order valence-corrected chi connectivity index (χ3v) is 2.72. The number of carbonyl (C=O) groups is 1. The maximum atomic E-state index is 11.5. The Labute approximate surface area is 115 Å². The van der Waals surface area contributed by atoms with E-state index in [1.54, 1.807) is 19.1 Å². The fourth-order valence-electron chi connectivity index (χ4n) is 1.48. The zero-order chi connectivity index (χ0) is 13.7. The van der Waals surface area contributed by atoms with E-state index in [1.807, 2.05) is 19.9 Å². The Kier molecular flexibility index (Phi) is 5.62. The number of halogens is 1. The third kappa shape index (κ3) is 4.66. The molecule has 100 valence electrons. The van der Waals surface area contributed by atoms with Crippen molar-refractivity contribution < 1.29 is 14.6 Å². The monoisotopic (exact) mass is 315 g/mol. The molecule has 0 aliphatic rings. The Morgan fingerprint density at radius 2 is 2.11 bits per heavy atom. The predicted molar refractivity (Wildman–Crippen MR) is 73.5 cm³/mol. The molecule has 1 aromatic carbocycles. The lowest BCUT2D eigenvalue weighted by Crippen LogP contribution is -2.34. The van der Waals surface area contributed by atoms with E-state index in [1.165, 1.54) is 0 Å². The van der Waals surface area contributed by atoms with Crippen molar-refractivity contribution in [3.05, 3.63) is 28.2 Å². The number of carbonyl (C=O) groups excluding carboxylic acids is 1. The first kappa shape index (κ1) is 15.0. The molecule has 0 fully saturated rings. The number of aliphatic hydroxyl groups is 1. The van der Waals surface area contributed by atoms with Crippen molar-refractivity contribution in [1.29, 1.82) is 0 Å². The molecule has 0 saturated carbocycles. The second-order valence-corrected chi connectivity index (χ2v) is 5.28. The van der Waals surface area contributed by atoms with E-state index in [9.17, 15) is 9.90 Å². The minimum atomic E-state index is -0.648. The van der Waals surface area contributed by atoms with Crippen LogP contribution in [0.5, 0.6) is 5.75 Å². The topological polar surface area (TPSA) is 58.6 Å². The largest absolute Gasteiger partial charge is 0.483 e. The highest BCUT2D eigenvalue weighted by Crippen LogP contribution is 2.28. The van der Waals surface area contributed by atoms with Crippen LogP contribution in [0.4, 0.5) is 0 Å². The Morgan fingerprint density at radius 3 is 2.67 bits per heavy atom. The van der Waals surface area contributed by atoms with E-state index >= 15 is 0 Å². The first-order valence-electron chi connectivity index (χ1n) is 5.80. The lowest BCUT2D eigenvalue weighted by Gasteiger charge is -2.14. The average molecular weight is 316 g/mol. The van der Waals surface area contributed by atoms with Crippen molar-refractivity contribution in [2.24, 2.45) is 0 Å². The van der Waals surface area contributed by atoms with Crippen LogP contribution in [0, 0.1) is 0 Å². The molecule has 2 N–H and O–H groups in total. The minimum Gasteiger partial charge on any atom is -0.483 e. The van der Waals surface area contributed by atoms with Crippen molar-refractivity contribution in [1.82, 2.24) is 5.32 Å². The molecular formula is C13H18BrNO3. The van der Waals surface area contributed by atoms with Crippen molar-refractivity contribution >= 4 is 21.8 Å². The SMILES string of the molecule is CC(C)NC(=O)COc1ccc(Br)cc1[C@@H](C)O. The molecule has 0 bridgehead atoms. The Bertz CT molecular complexity index is 419. The molecule has 4 nitrogen and oxygen atoms in total. The van der Waals surface area contributed by atoms with Crippen molar-refractivity contribution in [2.45, 2.75) is 32.9 Å². The Balaban J connectivity index is 2.70. The van der Waals surface area contributed by atoms with E-state index in [2.05, 4.69) is 21.2 Å². The highest BCUT2D eigenvalue weighted by molar-refractivity contribution is 9.10. The molecule has 1 aromatic rings. The summed E-state index contributed by atoms with van der Waals surface area (Å²) in [4.78, 5) is 11.5. The normalized spacial score (nSPS) is 12.3. The van der Waals surface area contributed by atoms with Crippen LogP contribution in [-0.4, -0.2) is 23.7 Å². The molecule has 1 atom stereocenters. The summed E-state index contributed by atoms with van der Waals surface area (Å²) in [6, 6.07) is 5.40. The van der Waals surface area contributed by atoms with Crippen LogP contribution in [0.25, 0.3) is 0 Å². The second kappa shape index (κ2) is 6.75. The number of hydrogen-bond acceptors (Lipinski definition) is 3. The van der Waals surface area contributed by atoms with Gasteiger partial charge >= 0.3 is 0 Å². The molecule has 0 aliphatic carbocycles. The Morgan fingerprint density at radius 1 is 1.44 bits per heavy atom.